The van der Waals surface area contributed by atoms with Crippen molar-refractivity contribution in [1.29, 1.82) is 0 Å². The summed E-state index contributed by atoms with van der Waals surface area (Å²) < 4.78 is 23.3. The number of nitrogens with zero attached hydrogens (tertiary/aromatic N) is 4. The Bertz CT molecular complexity index is 1430. The predicted octanol–water partition coefficient (Wildman–Crippen LogP) is 4.52. The van der Waals surface area contributed by atoms with Crippen molar-refractivity contribution in [2.75, 3.05) is 34.2 Å². The Morgan fingerprint density at radius 3 is 2.13 bits per heavy atom. The smallest absolute Gasteiger partial charge is 0.250 e. The lowest BCUT2D eigenvalue weighted by atomic mass is 10.1. The zero-order chi connectivity index (χ0) is 27.8. The summed E-state index contributed by atoms with van der Waals surface area (Å²) >= 11 is 1.25. The van der Waals surface area contributed by atoms with Crippen LogP contribution in [0.15, 0.2) is 70.9 Å². The van der Waals surface area contributed by atoms with Crippen molar-refractivity contribution in [3.8, 4) is 40.1 Å². The van der Waals surface area contributed by atoms with Gasteiger partial charge in [-0.2, -0.15) is 5.10 Å². The van der Waals surface area contributed by atoms with Gasteiger partial charge in [0.1, 0.15) is 23.0 Å². The first-order valence-electron chi connectivity index (χ1n) is 11.9. The number of carbonyl (C=O) groups excluding carboxylic acids is 1. The quantitative estimate of drug-likeness (QED) is 0.166. The summed E-state index contributed by atoms with van der Waals surface area (Å²) in [5.41, 5.74) is 6.01. The van der Waals surface area contributed by atoms with Gasteiger partial charge < -0.3 is 18.9 Å². The van der Waals surface area contributed by atoms with Gasteiger partial charge >= 0.3 is 0 Å². The normalized spacial score (nSPS) is 10.9. The average Bonchev–Trinajstić information content (AvgIpc) is 3.40. The molecule has 10 nitrogen and oxygen atoms in total. The fourth-order valence-corrected chi connectivity index (χ4v) is 4.45. The maximum Gasteiger partial charge on any atom is 0.250 e. The molecule has 11 heteroatoms. The number of ether oxygens (including phenoxy) is 4. The van der Waals surface area contributed by atoms with E-state index in [1.807, 2.05) is 60.0 Å². The van der Waals surface area contributed by atoms with Crippen LogP contribution in [0.2, 0.25) is 0 Å². The van der Waals surface area contributed by atoms with Crippen molar-refractivity contribution >= 4 is 23.9 Å². The molecule has 0 aliphatic heterocycles. The van der Waals surface area contributed by atoms with Gasteiger partial charge in [-0.3, -0.25) is 9.36 Å². The summed E-state index contributed by atoms with van der Waals surface area (Å²) in [4.78, 5) is 12.7. The summed E-state index contributed by atoms with van der Waals surface area (Å²) in [5, 5.41) is 13.5. The number of rotatable bonds is 11. The number of methoxy groups -OCH3 is 4. The molecule has 3 aromatic carbocycles. The number of carbonyl (C=O) groups is 1. The van der Waals surface area contributed by atoms with Crippen LogP contribution >= 0.6 is 11.8 Å². The molecule has 4 aromatic rings. The van der Waals surface area contributed by atoms with Crippen molar-refractivity contribution in [3.05, 3.63) is 71.8 Å². The maximum absolute atomic E-state index is 12.7. The van der Waals surface area contributed by atoms with Crippen LogP contribution in [0.3, 0.4) is 0 Å². The highest BCUT2D eigenvalue weighted by atomic mass is 32.2. The molecule has 1 amide bonds. The molecule has 202 valence electrons. The minimum absolute atomic E-state index is 0.0659. The highest BCUT2D eigenvalue weighted by Crippen LogP contribution is 2.33. The van der Waals surface area contributed by atoms with E-state index in [4.69, 9.17) is 18.9 Å². The summed E-state index contributed by atoms with van der Waals surface area (Å²) in [6.45, 7) is 2.03. The van der Waals surface area contributed by atoms with Crippen molar-refractivity contribution in [1.82, 2.24) is 20.2 Å². The lowest BCUT2D eigenvalue weighted by Gasteiger charge is -2.12. The van der Waals surface area contributed by atoms with Crippen molar-refractivity contribution < 1.29 is 23.7 Å². The molecule has 1 heterocycles. The lowest BCUT2D eigenvalue weighted by molar-refractivity contribution is -0.118. The van der Waals surface area contributed by atoms with Crippen LogP contribution in [0.25, 0.3) is 17.1 Å². The maximum atomic E-state index is 12.7. The third kappa shape index (κ3) is 6.50. The number of thioether (sulfide) groups is 1. The van der Waals surface area contributed by atoms with E-state index in [9.17, 15) is 4.79 Å². The fourth-order valence-electron chi connectivity index (χ4n) is 3.71. The largest absolute Gasteiger partial charge is 0.497 e. The van der Waals surface area contributed by atoms with Crippen LogP contribution in [0.5, 0.6) is 23.0 Å². The van der Waals surface area contributed by atoms with Gasteiger partial charge in [0.15, 0.2) is 11.0 Å². The van der Waals surface area contributed by atoms with Gasteiger partial charge in [0.05, 0.1) is 46.0 Å². The van der Waals surface area contributed by atoms with Gasteiger partial charge in [0, 0.05) is 23.4 Å². The van der Waals surface area contributed by atoms with E-state index in [1.54, 1.807) is 26.4 Å². The minimum atomic E-state index is -0.316. The molecule has 0 atom stereocenters. The average molecular weight is 548 g/mol. The fraction of sp³-hybridized carbons (Fsp3) is 0.214. The molecular weight excluding hydrogens is 518 g/mol. The van der Waals surface area contributed by atoms with Crippen LogP contribution in [0.4, 0.5) is 0 Å². The first-order chi connectivity index (χ1) is 19.0. The molecule has 0 bridgehead atoms. The molecular formula is C28H29N5O5S. The molecule has 0 aliphatic rings. The monoisotopic (exact) mass is 547 g/mol. The van der Waals surface area contributed by atoms with Crippen molar-refractivity contribution in [2.24, 2.45) is 5.10 Å². The number of hydrogen-bond donors (Lipinski definition) is 1. The Labute approximate surface area is 231 Å². The van der Waals surface area contributed by atoms with Crippen LogP contribution in [0, 0.1) is 6.92 Å². The topological polar surface area (TPSA) is 109 Å². The van der Waals surface area contributed by atoms with Gasteiger partial charge in [-0.15, -0.1) is 10.2 Å². The molecule has 4 rings (SSSR count). The summed E-state index contributed by atoms with van der Waals surface area (Å²) in [6, 6.07) is 19.0. The van der Waals surface area contributed by atoms with Gasteiger partial charge in [0.2, 0.25) is 0 Å². The Kier molecular flexibility index (Phi) is 9.06. The molecule has 1 aromatic heterocycles. The number of nitrogens with one attached hydrogen (secondary N) is 1. The van der Waals surface area contributed by atoms with E-state index in [0.717, 1.165) is 22.6 Å². The molecule has 1 N–H and O–H groups in total. The third-order valence-electron chi connectivity index (χ3n) is 5.74. The zero-order valence-corrected chi connectivity index (χ0v) is 23.1. The molecule has 0 saturated heterocycles. The van der Waals surface area contributed by atoms with Gasteiger partial charge in [-0.1, -0.05) is 41.6 Å². The van der Waals surface area contributed by atoms with Gasteiger partial charge in [0.25, 0.3) is 5.91 Å². The van der Waals surface area contributed by atoms with Crippen LogP contribution < -0.4 is 24.4 Å². The number of amides is 1. The second-order valence-corrected chi connectivity index (χ2v) is 9.18. The molecule has 0 radical (unpaired) electrons. The summed E-state index contributed by atoms with van der Waals surface area (Å²) in [5.74, 6) is 2.72. The number of aromatic nitrogens is 3. The van der Waals surface area contributed by atoms with E-state index < -0.39 is 0 Å². The first-order valence-corrected chi connectivity index (χ1v) is 12.9. The lowest BCUT2D eigenvalue weighted by Crippen LogP contribution is -2.20. The Morgan fingerprint density at radius 2 is 1.54 bits per heavy atom. The zero-order valence-electron chi connectivity index (χ0n) is 22.3. The molecule has 0 saturated carbocycles. The van der Waals surface area contributed by atoms with E-state index in [1.165, 1.54) is 32.2 Å². The van der Waals surface area contributed by atoms with Crippen molar-refractivity contribution in [2.45, 2.75) is 12.1 Å². The number of benzene rings is 3. The van der Waals surface area contributed by atoms with E-state index in [-0.39, 0.29) is 11.7 Å². The molecule has 0 aliphatic carbocycles. The Morgan fingerprint density at radius 1 is 0.897 bits per heavy atom. The second kappa shape index (κ2) is 12.8. The highest BCUT2D eigenvalue weighted by Gasteiger charge is 2.18. The highest BCUT2D eigenvalue weighted by molar-refractivity contribution is 7.99. The molecule has 0 spiro atoms. The summed E-state index contributed by atoms with van der Waals surface area (Å²) in [6.07, 6.45) is 1.47. The standard InChI is InChI=1S/C28H29N5O5S/c1-18-6-8-19(9-7-18)27-31-32-28(33(27)20-10-12-21(35-2)13-11-20)39-17-26(34)30-29-16-23-24(37-4)14-22(36-3)15-25(23)38-5/h6-16H,17H2,1-5H3,(H,30,34)/b29-16-. The summed E-state index contributed by atoms with van der Waals surface area (Å²) in [7, 11) is 6.24. The Hall–Kier alpha value is -4.51. The number of aryl methyl sites for hydroxylation is 1. The van der Waals surface area contributed by atoms with Crippen LogP contribution in [-0.4, -0.2) is 61.1 Å². The first kappa shape index (κ1) is 27.5. The molecule has 0 fully saturated rings. The van der Waals surface area contributed by atoms with E-state index in [0.29, 0.717) is 33.8 Å². The number of hydrazone groups is 1. The SMILES string of the molecule is COc1ccc(-n2c(SCC(=O)N/N=C\c3c(OC)cc(OC)cc3OC)nnc2-c2ccc(C)cc2)cc1. The number of hydrogen-bond acceptors (Lipinski definition) is 9. The second-order valence-electron chi connectivity index (χ2n) is 8.23. The Balaban J connectivity index is 1.52. The van der Waals surface area contributed by atoms with Gasteiger partial charge in [-0.05, 0) is 31.2 Å². The predicted molar refractivity (Wildman–Crippen MR) is 151 cm³/mol. The third-order valence-corrected chi connectivity index (χ3v) is 6.67. The minimum Gasteiger partial charge on any atom is -0.497 e. The van der Waals surface area contributed by atoms with Crippen molar-refractivity contribution in [3.63, 3.8) is 0 Å². The van der Waals surface area contributed by atoms with Crippen LogP contribution in [0.1, 0.15) is 11.1 Å². The van der Waals surface area contributed by atoms with E-state index >= 15 is 0 Å². The molecule has 0 unspecified atom stereocenters. The molecule has 39 heavy (non-hydrogen) atoms. The van der Waals surface area contributed by atoms with E-state index in [2.05, 4.69) is 20.7 Å². The van der Waals surface area contributed by atoms with Gasteiger partial charge in [-0.25, -0.2) is 5.43 Å². The van der Waals surface area contributed by atoms with Crippen LogP contribution in [-0.2, 0) is 4.79 Å².